The SMILES string of the molecule is C=C/C=C(F)\C=C/C.CC.CCNC=O.CN=C(C)CN1CCCC(COC)CC1. The maximum atomic E-state index is 12.1. The zero-order chi connectivity index (χ0) is 23.6. The van der Waals surface area contributed by atoms with E-state index in [1.54, 1.807) is 20.1 Å². The van der Waals surface area contributed by atoms with Crippen LogP contribution in [0, 0.1) is 5.92 Å². The standard InChI is InChI=1S/C12H24N2O.C7H9F.C3H7NO.C2H6/c1-11(13-2)9-14-7-4-5-12(6-8-14)10-15-3;1-3-5-7(8)6-4-2;1-2-4-3-5;1-2/h12H,4-10H2,1-3H3;3-6H,1H2,2H3;3H,2H2,1H3,(H,4,5);1-2H3/b;6-4-,7-5+;;. The molecule has 0 aromatic rings. The van der Waals surface area contributed by atoms with Crippen LogP contribution in [0.4, 0.5) is 4.39 Å². The van der Waals surface area contributed by atoms with Crippen LogP contribution in [0.15, 0.2) is 41.7 Å². The highest BCUT2D eigenvalue weighted by Crippen LogP contribution is 2.17. The van der Waals surface area contributed by atoms with E-state index in [1.165, 1.54) is 56.3 Å². The van der Waals surface area contributed by atoms with Crippen molar-refractivity contribution in [2.24, 2.45) is 10.9 Å². The topological polar surface area (TPSA) is 53.9 Å². The van der Waals surface area contributed by atoms with Gasteiger partial charge in [-0.3, -0.25) is 14.7 Å². The van der Waals surface area contributed by atoms with Crippen LogP contribution in [-0.2, 0) is 9.53 Å². The van der Waals surface area contributed by atoms with Gasteiger partial charge in [0.05, 0.1) is 0 Å². The first-order valence-electron chi connectivity index (χ1n) is 10.9. The lowest BCUT2D eigenvalue weighted by Crippen LogP contribution is -2.30. The zero-order valence-electron chi connectivity index (χ0n) is 20.4. The molecule has 1 heterocycles. The average molecular weight is 428 g/mol. The molecule has 30 heavy (non-hydrogen) atoms. The predicted octanol–water partition coefficient (Wildman–Crippen LogP) is 5.21. The molecule has 1 amide bonds. The Morgan fingerprint density at radius 2 is 2.00 bits per heavy atom. The van der Waals surface area contributed by atoms with Crippen LogP contribution in [0.1, 0.15) is 53.9 Å². The lowest BCUT2D eigenvalue weighted by Gasteiger charge is -2.19. The normalized spacial score (nSPS) is 17.3. The second kappa shape index (κ2) is 27.2. The third-order valence-electron chi connectivity index (χ3n) is 4.07. The Balaban J connectivity index is -0.000000409. The summed E-state index contributed by atoms with van der Waals surface area (Å²) in [6, 6.07) is 0. The van der Waals surface area contributed by atoms with Crippen LogP contribution in [0.2, 0.25) is 0 Å². The van der Waals surface area contributed by atoms with E-state index < -0.39 is 0 Å². The number of methoxy groups -OCH3 is 1. The van der Waals surface area contributed by atoms with Crippen LogP contribution in [0.5, 0.6) is 0 Å². The van der Waals surface area contributed by atoms with Crippen LogP contribution in [0.3, 0.4) is 0 Å². The van der Waals surface area contributed by atoms with E-state index in [9.17, 15) is 9.18 Å². The first kappa shape index (κ1) is 32.9. The molecule has 1 N–H and O–H groups in total. The first-order valence-corrected chi connectivity index (χ1v) is 10.9. The van der Waals surface area contributed by atoms with Crippen LogP contribution >= 0.6 is 0 Å². The van der Waals surface area contributed by atoms with E-state index >= 15 is 0 Å². The number of hydrogen-bond acceptors (Lipinski definition) is 4. The number of amides is 1. The third kappa shape index (κ3) is 24.2. The van der Waals surface area contributed by atoms with Crippen molar-refractivity contribution in [3.8, 4) is 0 Å². The number of aliphatic imine (C=N–C) groups is 1. The summed E-state index contributed by atoms with van der Waals surface area (Å²) in [5.74, 6) is 0.501. The highest BCUT2D eigenvalue weighted by molar-refractivity contribution is 5.83. The summed E-state index contributed by atoms with van der Waals surface area (Å²) in [5.41, 5.74) is 1.24. The quantitative estimate of drug-likeness (QED) is 0.329. The Hall–Kier alpha value is -1.79. The van der Waals surface area contributed by atoms with Crippen molar-refractivity contribution in [1.29, 1.82) is 0 Å². The molecule has 1 aliphatic heterocycles. The maximum absolute atomic E-state index is 12.1. The average Bonchev–Trinajstić information content (AvgIpc) is 2.97. The summed E-state index contributed by atoms with van der Waals surface area (Å²) >= 11 is 0. The van der Waals surface area contributed by atoms with E-state index in [4.69, 9.17) is 4.74 Å². The number of allylic oxidation sites excluding steroid dienone is 5. The van der Waals surface area contributed by atoms with Gasteiger partial charge in [0.15, 0.2) is 0 Å². The maximum Gasteiger partial charge on any atom is 0.207 e. The van der Waals surface area contributed by atoms with Crippen molar-refractivity contribution in [2.45, 2.75) is 53.9 Å². The molecular weight excluding hydrogens is 381 g/mol. The minimum absolute atomic E-state index is 0.262. The lowest BCUT2D eigenvalue weighted by molar-refractivity contribution is -0.109. The van der Waals surface area contributed by atoms with Gasteiger partial charge in [-0.1, -0.05) is 32.6 Å². The van der Waals surface area contributed by atoms with E-state index in [2.05, 4.69) is 28.7 Å². The van der Waals surface area contributed by atoms with Crippen molar-refractivity contribution in [3.63, 3.8) is 0 Å². The second-order valence-corrected chi connectivity index (χ2v) is 6.45. The van der Waals surface area contributed by atoms with Crippen molar-refractivity contribution in [1.82, 2.24) is 10.2 Å². The van der Waals surface area contributed by atoms with E-state index in [-0.39, 0.29) is 5.83 Å². The monoisotopic (exact) mass is 427 g/mol. The minimum atomic E-state index is -0.262. The Bertz CT molecular complexity index is 477. The molecule has 5 nitrogen and oxygen atoms in total. The summed E-state index contributed by atoms with van der Waals surface area (Å²) in [6.07, 6.45) is 10.3. The lowest BCUT2D eigenvalue weighted by atomic mass is 10.0. The third-order valence-corrected chi connectivity index (χ3v) is 4.07. The van der Waals surface area contributed by atoms with Crippen LogP contribution in [-0.4, -0.2) is 64.0 Å². The zero-order valence-corrected chi connectivity index (χ0v) is 20.4. The van der Waals surface area contributed by atoms with Gasteiger partial charge >= 0.3 is 0 Å². The number of nitrogens with zero attached hydrogens (tertiary/aromatic N) is 2. The number of rotatable bonds is 8. The van der Waals surface area contributed by atoms with Gasteiger partial charge in [0, 0.05) is 39.6 Å². The largest absolute Gasteiger partial charge is 0.384 e. The van der Waals surface area contributed by atoms with Gasteiger partial charge < -0.3 is 10.1 Å². The van der Waals surface area contributed by atoms with Crippen LogP contribution < -0.4 is 5.32 Å². The van der Waals surface area contributed by atoms with Crippen LogP contribution in [0.25, 0.3) is 0 Å². The van der Waals surface area contributed by atoms with E-state index in [0.717, 1.165) is 25.6 Å². The molecule has 1 unspecified atom stereocenters. The number of carbonyl (C=O) groups is 1. The van der Waals surface area contributed by atoms with E-state index in [0.29, 0.717) is 6.41 Å². The number of halogens is 1. The summed E-state index contributed by atoms with van der Waals surface area (Å²) in [6.45, 7) is 18.2. The molecule has 0 radical (unpaired) electrons. The fourth-order valence-corrected chi connectivity index (χ4v) is 2.59. The fourth-order valence-electron chi connectivity index (χ4n) is 2.59. The summed E-state index contributed by atoms with van der Waals surface area (Å²) in [4.78, 5) is 16.0. The summed E-state index contributed by atoms with van der Waals surface area (Å²) in [5, 5.41) is 2.43. The number of ether oxygens (including phenoxy) is 1. The highest BCUT2D eigenvalue weighted by atomic mass is 19.1. The molecule has 1 saturated heterocycles. The second-order valence-electron chi connectivity index (χ2n) is 6.45. The molecule has 0 bridgehead atoms. The number of carbonyl (C=O) groups excluding carboxylic acids is 1. The number of nitrogens with one attached hydrogen (secondary N) is 1. The molecule has 0 aliphatic carbocycles. The Morgan fingerprint density at radius 1 is 1.33 bits per heavy atom. The fraction of sp³-hybridized carbons (Fsp3) is 0.667. The van der Waals surface area contributed by atoms with Gasteiger partial charge in [-0.05, 0) is 71.2 Å². The van der Waals surface area contributed by atoms with Gasteiger partial charge in [-0.2, -0.15) is 0 Å². The molecule has 1 fully saturated rings. The van der Waals surface area contributed by atoms with Crippen molar-refractivity contribution < 1.29 is 13.9 Å². The molecular formula is C24H46FN3O2. The first-order chi connectivity index (χ1) is 14.5. The predicted molar refractivity (Wildman–Crippen MR) is 130 cm³/mol. The van der Waals surface area contributed by atoms with Crippen molar-refractivity contribution in [2.75, 3.05) is 46.9 Å². The van der Waals surface area contributed by atoms with Crippen molar-refractivity contribution >= 4 is 12.1 Å². The van der Waals surface area contributed by atoms with E-state index in [1.807, 2.05) is 27.8 Å². The van der Waals surface area contributed by atoms with Gasteiger partial charge in [0.25, 0.3) is 0 Å². The smallest absolute Gasteiger partial charge is 0.207 e. The van der Waals surface area contributed by atoms with Gasteiger partial charge in [-0.25, -0.2) is 4.39 Å². The van der Waals surface area contributed by atoms with Gasteiger partial charge in [-0.15, -0.1) is 0 Å². The molecule has 1 atom stereocenters. The molecule has 1 aliphatic rings. The molecule has 0 aromatic carbocycles. The minimum Gasteiger partial charge on any atom is -0.384 e. The van der Waals surface area contributed by atoms with Gasteiger partial charge in [0.2, 0.25) is 6.41 Å². The number of hydrogen-bond donors (Lipinski definition) is 1. The highest BCUT2D eigenvalue weighted by Gasteiger charge is 2.16. The molecule has 6 heteroatoms. The van der Waals surface area contributed by atoms with Gasteiger partial charge in [0.1, 0.15) is 5.83 Å². The molecule has 0 spiro atoms. The molecule has 0 saturated carbocycles. The molecule has 176 valence electrons. The molecule has 1 rings (SSSR count). The Kier molecular flexibility index (Phi) is 29.8. The Morgan fingerprint density at radius 3 is 2.43 bits per heavy atom. The molecule has 0 aromatic heterocycles. The Labute approximate surface area is 185 Å². The summed E-state index contributed by atoms with van der Waals surface area (Å²) < 4.78 is 17.3. The van der Waals surface area contributed by atoms with Crippen molar-refractivity contribution in [3.05, 3.63) is 36.7 Å². The number of likely N-dealkylation sites (tertiary alicyclic amines) is 1. The summed E-state index contributed by atoms with van der Waals surface area (Å²) in [7, 11) is 3.68.